The molecule has 0 aromatic carbocycles. The van der Waals surface area contributed by atoms with Crippen molar-refractivity contribution in [3.63, 3.8) is 0 Å². The fourth-order valence-electron chi connectivity index (χ4n) is 1.90. The summed E-state index contributed by atoms with van der Waals surface area (Å²) in [6.07, 6.45) is 3.92. The number of ether oxygens (including phenoxy) is 1. The van der Waals surface area contributed by atoms with E-state index >= 15 is 0 Å². The van der Waals surface area contributed by atoms with Crippen LogP contribution in [-0.4, -0.2) is 35.7 Å². The lowest BCUT2D eigenvalue weighted by Gasteiger charge is -2.30. The van der Waals surface area contributed by atoms with Gasteiger partial charge in [-0.1, -0.05) is 0 Å². The smallest absolute Gasteiger partial charge is 0.228 e. The van der Waals surface area contributed by atoms with Crippen molar-refractivity contribution >= 4 is 5.95 Å². The molecule has 2 rings (SSSR count). The molecule has 1 fully saturated rings. The molecule has 1 aliphatic heterocycles. The van der Waals surface area contributed by atoms with Crippen molar-refractivity contribution in [2.75, 3.05) is 24.6 Å². The van der Waals surface area contributed by atoms with Crippen molar-refractivity contribution in [3.8, 4) is 5.88 Å². The van der Waals surface area contributed by atoms with E-state index in [1.54, 1.807) is 12.3 Å². The molecule has 1 aliphatic rings. The van der Waals surface area contributed by atoms with E-state index in [-0.39, 0.29) is 6.04 Å². The lowest BCUT2D eigenvalue weighted by Crippen LogP contribution is -2.43. The first-order chi connectivity index (χ1) is 7.79. The third-order valence-electron chi connectivity index (χ3n) is 2.65. The molecule has 0 aliphatic carbocycles. The molecule has 5 heteroatoms. The fourth-order valence-corrected chi connectivity index (χ4v) is 1.90. The second kappa shape index (κ2) is 5.12. The molecule has 0 amide bonds. The van der Waals surface area contributed by atoms with E-state index in [2.05, 4.69) is 14.9 Å². The van der Waals surface area contributed by atoms with Gasteiger partial charge in [-0.3, -0.25) is 0 Å². The molecule has 0 saturated carbocycles. The van der Waals surface area contributed by atoms with Crippen LogP contribution in [0, 0.1) is 0 Å². The van der Waals surface area contributed by atoms with Gasteiger partial charge in [-0.25, -0.2) is 4.98 Å². The molecule has 0 unspecified atom stereocenters. The van der Waals surface area contributed by atoms with Gasteiger partial charge < -0.3 is 15.4 Å². The maximum absolute atomic E-state index is 5.93. The standard InChI is InChI=1S/C11H18N4O/c1-2-16-10-5-6-13-11(14-10)15-7-3-4-9(12)8-15/h5-6,9H,2-4,7-8,12H2,1H3/t9-/m1/s1. The van der Waals surface area contributed by atoms with Gasteiger partial charge in [-0.2, -0.15) is 4.98 Å². The Bertz CT molecular complexity index is 345. The summed E-state index contributed by atoms with van der Waals surface area (Å²) in [4.78, 5) is 10.7. The highest BCUT2D eigenvalue weighted by atomic mass is 16.5. The third kappa shape index (κ3) is 2.61. The minimum Gasteiger partial charge on any atom is -0.478 e. The zero-order valence-corrected chi connectivity index (χ0v) is 9.59. The summed E-state index contributed by atoms with van der Waals surface area (Å²) < 4.78 is 5.36. The Morgan fingerprint density at radius 1 is 1.62 bits per heavy atom. The summed E-state index contributed by atoms with van der Waals surface area (Å²) in [5.74, 6) is 1.35. The summed E-state index contributed by atoms with van der Waals surface area (Å²) in [6.45, 7) is 4.37. The number of anilines is 1. The molecule has 0 radical (unpaired) electrons. The van der Waals surface area contributed by atoms with Gasteiger partial charge in [0.25, 0.3) is 0 Å². The predicted molar refractivity (Wildman–Crippen MR) is 62.6 cm³/mol. The molecule has 88 valence electrons. The van der Waals surface area contributed by atoms with E-state index in [4.69, 9.17) is 10.5 Å². The normalized spacial score (nSPS) is 20.9. The lowest BCUT2D eigenvalue weighted by atomic mass is 10.1. The Morgan fingerprint density at radius 3 is 3.25 bits per heavy atom. The number of piperidine rings is 1. The van der Waals surface area contributed by atoms with Crippen molar-refractivity contribution in [3.05, 3.63) is 12.3 Å². The van der Waals surface area contributed by atoms with E-state index in [0.29, 0.717) is 12.5 Å². The van der Waals surface area contributed by atoms with Crippen LogP contribution in [0.3, 0.4) is 0 Å². The molecule has 5 nitrogen and oxygen atoms in total. The highest BCUT2D eigenvalue weighted by Gasteiger charge is 2.19. The maximum Gasteiger partial charge on any atom is 0.228 e. The van der Waals surface area contributed by atoms with E-state index in [9.17, 15) is 0 Å². The highest BCUT2D eigenvalue weighted by Crippen LogP contribution is 2.17. The first-order valence-corrected chi connectivity index (χ1v) is 5.76. The highest BCUT2D eigenvalue weighted by molar-refractivity contribution is 5.32. The summed E-state index contributed by atoms with van der Waals surface area (Å²) in [7, 11) is 0. The van der Waals surface area contributed by atoms with Crippen molar-refractivity contribution in [2.45, 2.75) is 25.8 Å². The van der Waals surface area contributed by atoms with Crippen LogP contribution in [0.1, 0.15) is 19.8 Å². The molecule has 1 atom stereocenters. The first-order valence-electron chi connectivity index (χ1n) is 5.76. The number of hydrogen-bond acceptors (Lipinski definition) is 5. The number of aromatic nitrogens is 2. The number of nitrogens with zero attached hydrogens (tertiary/aromatic N) is 3. The topological polar surface area (TPSA) is 64.3 Å². The van der Waals surface area contributed by atoms with Crippen LogP contribution < -0.4 is 15.4 Å². The van der Waals surface area contributed by atoms with E-state index in [0.717, 1.165) is 31.9 Å². The Kier molecular flexibility index (Phi) is 3.56. The Balaban J connectivity index is 2.09. The van der Waals surface area contributed by atoms with Gasteiger partial charge in [-0.15, -0.1) is 0 Å². The monoisotopic (exact) mass is 222 g/mol. The number of rotatable bonds is 3. The Labute approximate surface area is 95.6 Å². The van der Waals surface area contributed by atoms with Crippen LogP contribution in [0.15, 0.2) is 12.3 Å². The van der Waals surface area contributed by atoms with Crippen LogP contribution in [-0.2, 0) is 0 Å². The Morgan fingerprint density at radius 2 is 2.50 bits per heavy atom. The van der Waals surface area contributed by atoms with E-state index in [1.807, 2.05) is 6.92 Å². The van der Waals surface area contributed by atoms with Crippen molar-refractivity contribution in [1.82, 2.24) is 9.97 Å². The van der Waals surface area contributed by atoms with Gasteiger partial charge in [0, 0.05) is 31.4 Å². The van der Waals surface area contributed by atoms with Crippen LogP contribution >= 0.6 is 0 Å². The van der Waals surface area contributed by atoms with Crippen LogP contribution in [0.2, 0.25) is 0 Å². The number of nitrogens with two attached hydrogens (primary N) is 1. The first kappa shape index (κ1) is 11.1. The van der Waals surface area contributed by atoms with Crippen molar-refractivity contribution in [2.24, 2.45) is 5.73 Å². The second-order valence-electron chi connectivity index (χ2n) is 3.98. The average Bonchev–Trinajstić information content (AvgIpc) is 2.30. The van der Waals surface area contributed by atoms with Crippen molar-refractivity contribution < 1.29 is 4.74 Å². The second-order valence-corrected chi connectivity index (χ2v) is 3.98. The summed E-state index contributed by atoms with van der Waals surface area (Å²) >= 11 is 0. The molecule has 16 heavy (non-hydrogen) atoms. The van der Waals surface area contributed by atoms with Crippen molar-refractivity contribution in [1.29, 1.82) is 0 Å². The van der Waals surface area contributed by atoms with Crippen LogP contribution in [0.5, 0.6) is 5.88 Å². The minimum absolute atomic E-state index is 0.230. The zero-order valence-electron chi connectivity index (χ0n) is 9.59. The van der Waals surface area contributed by atoms with Crippen LogP contribution in [0.4, 0.5) is 5.95 Å². The fraction of sp³-hybridized carbons (Fsp3) is 0.636. The molecule has 2 N–H and O–H groups in total. The molecule has 0 spiro atoms. The predicted octanol–water partition coefficient (Wildman–Crippen LogP) is 0.803. The van der Waals surface area contributed by atoms with Gasteiger partial charge in [0.1, 0.15) is 0 Å². The molecule has 1 aromatic rings. The van der Waals surface area contributed by atoms with Gasteiger partial charge in [-0.05, 0) is 19.8 Å². The largest absolute Gasteiger partial charge is 0.478 e. The summed E-state index contributed by atoms with van der Waals surface area (Å²) in [5.41, 5.74) is 5.93. The maximum atomic E-state index is 5.93. The molecule has 1 saturated heterocycles. The summed E-state index contributed by atoms with van der Waals surface area (Å²) in [5, 5.41) is 0. The van der Waals surface area contributed by atoms with E-state index in [1.165, 1.54) is 0 Å². The molecule has 0 bridgehead atoms. The van der Waals surface area contributed by atoms with Gasteiger partial charge in [0.05, 0.1) is 6.61 Å². The molecule has 2 heterocycles. The molecular formula is C11H18N4O. The quantitative estimate of drug-likeness (QED) is 0.819. The van der Waals surface area contributed by atoms with E-state index < -0.39 is 0 Å². The van der Waals surface area contributed by atoms with Gasteiger partial charge >= 0.3 is 0 Å². The number of hydrogen-bond donors (Lipinski definition) is 1. The SMILES string of the molecule is CCOc1ccnc(N2CCC[C@@H](N)C2)n1. The third-order valence-corrected chi connectivity index (χ3v) is 2.65. The lowest BCUT2D eigenvalue weighted by molar-refractivity contribution is 0.326. The van der Waals surface area contributed by atoms with Gasteiger partial charge in [0.2, 0.25) is 11.8 Å². The average molecular weight is 222 g/mol. The zero-order chi connectivity index (χ0) is 11.4. The van der Waals surface area contributed by atoms with Gasteiger partial charge in [0.15, 0.2) is 0 Å². The Hall–Kier alpha value is -1.36. The summed E-state index contributed by atoms with van der Waals surface area (Å²) in [6, 6.07) is 2.00. The minimum atomic E-state index is 0.230. The van der Waals surface area contributed by atoms with Crippen LogP contribution in [0.25, 0.3) is 0 Å². The molecule has 1 aromatic heterocycles. The molecular weight excluding hydrogens is 204 g/mol.